The first-order chi connectivity index (χ1) is 9.85. The smallest absolute Gasteiger partial charge is 0.226 e. The van der Waals surface area contributed by atoms with Crippen LogP contribution in [0.15, 0.2) is 24.3 Å². The Morgan fingerprint density at radius 3 is 2.52 bits per heavy atom. The molecule has 0 aliphatic carbocycles. The highest BCUT2D eigenvalue weighted by atomic mass is 16.5. The zero-order chi connectivity index (χ0) is 15.9. The summed E-state index contributed by atoms with van der Waals surface area (Å²) in [5.41, 5.74) is 0.660. The number of aryl methyl sites for hydroxylation is 1. The lowest BCUT2D eigenvalue weighted by atomic mass is 9.92. The summed E-state index contributed by atoms with van der Waals surface area (Å²) < 4.78 is 5.50. The van der Waals surface area contributed by atoms with E-state index in [1.165, 1.54) is 5.56 Å². The van der Waals surface area contributed by atoms with Crippen molar-refractivity contribution in [2.75, 3.05) is 26.7 Å². The average molecular weight is 294 g/mol. The summed E-state index contributed by atoms with van der Waals surface area (Å²) in [6.07, 6.45) is -0.619. The lowest BCUT2D eigenvalue weighted by molar-refractivity contribution is -0.128. The van der Waals surface area contributed by atoms with Gasteiger partial charge in [-0.25, -0.2) is 0 Å². The molecular weight excluding hydrogens is 268 g/mol. The van der Waals surface area contributed by atoms with Crippen molar-refractivity contribution in [1.29, 1.82) is 0 Å². The molecule has 1 atom stereocenters. The van der Waals surface area contributed by atoms with Crippen molar-refractivity contribution in [1.82, 2.24) is 10.6 Å². The zero-order valence-corrected chi connectivity index (χ0v) is 13.3. The van der Waals surface area contributed by atoms with E-state index in [-0.39, 0.29) is 12.5 Å². The number of amides is 1. The number of hydrogen-bond donors (Lipinski definition) is 3. The van der Waals surface area contributed by atoms with Gasteiger partial charge in [-0.1, -0.05) is 17.7 Å². The van der Waals surface area contributed by atoms with Gasteiger partial charge in [-0.15, -0.1) is 0 Å². The van der Waals surface area contributed by atoms with Crippen LogP contribution in [0.25, 0.3) is 0 Å². The van der Waals surface area contributed by atoms with Gasteiger partial charge in [-0.05, 0) is 32.9 Å². The van der Waals surface area contributed by atoms with Crippen molar-refractivity contribution < 1.29 is 14.6 Å². The first-order valence-corrected chi connectivity index (χ1v) is 7.15. The molecule has 21 heavy (non-hydrogen) atoms. The first-order valence-electron chi connectivity index (χ1n) is 7.15. The van der Waals surface area contributed by atoms with Gasteiger partial charge in [0.1, 0.15) is 18.5 Å². The topological polar surface area (TPSA) is 70.6 Å². The van der Waals surface area contributed by atoms with Crippen LogP contribution in [0, 0.1) is 12.3 Å². The number of ether oxygens (including phenoxy) is 1. The third kappa shape index (κ3) is 6.14. The molecule has 0 bridgehead atoms. The molecule has 118 valence electrons. The minimum absolute atomic E-state index is 0.0274. The van der Waals surface area contributed by atoms with E-state index in [0.29, 0.717) is 13.1 Å². The summed E-state index contributed by atoms with van der Waals surface area (Å²) in [7, 11) is 1.62. The summed E-state index contributed by atoms with van der Waals surface area (Å²) in [6.45, 7) is 6.82. The van der Waals surface area contributed by atoms with E-state index in [9.17, 15) is 9.90 Å². The van der Waals surface area contributed by atoms with Gasteiger partial charge in [0, 0.05) is 20.1 Å². The number of carbonyl (C=O) groups excluding carboxylic acids is 1. The van der Waals surface area contributed by atoms with Crippen LogP contribution in [0.3, 0.4) is 0 Å². The molecule has 0 saturated heterocycles. The molecule has 5 heteroatoms. The van der Waals surface area contributed by atoms with Crippen LogP contribution in [-0.4, -0.2) is 43.9 Å². The van der Waals surface area contributed by atoms with Gasteiger partial charge in [0.2, 0.25) is 5.91 Å². The van der Waals surface area contributed by atoms with Gasteiger partial charge in [0.05, 0.1) is 5.41 Å². The summed E-state index contributed by atoms with van der Waals surface area (Å²) >= 11 is 0. The van der Waals surface area contributed by atoms with Crippen molar-refractivity contribution in [3.8, 4) is 5.75 Å². The fourth-order valence-corrected chi connectivity index (χ4v) is 1.86. The molecule has 1 aromatic carbocycles. The standard InChI is InChI=1S/C16H26N2O3/c1-12-5-7-14(8-6-12)21-10-13(19)9-18-11-16(2,3)15(20)17-4/h5-8,13,18-19H,9-11H2,1-4H3,(H,17,20). The normalized spacial score (nSPS) is 12.8. The first kappa shape index (κ1) is 17.5. The molecule has 1 aromatic rings. The Labute approximate surface area is 126 Å². The predicted molar refractivity (Wildman–Crippen MR) is 83.4 cm³/mol. The minimum atomic E-state index is -0.619. The van der Waals surface area contributed by atoms with E-state index < -0.39 is 11.5 Å². The third-order valence-electron chi connectivity index (χ3n) is 3.25. The van der Waals surface area contributed by atoms with Crippen LogP contribution in [0.1, 0.15) is 19.4 Å². The minimum Gasteiger partial charge on any atom is -0.491 e. The lowest BCUT2D eigenvalue weighted by Crippen LogP contribution is -2.44. The molecule has 0 aromatic heterocycles. The van der Waals surface area contributed by atoms with Crippen LogP contribution in [0.5, 0.6) is 5.75 Å². The molecule has 5 nitrogen and oxygen atoms in total. The maximum Gasteiger partial charge on any atom is 0.226 e. The molecule has 0 aliphatic heterocycles. The number of nitrogens with one attached hydrogen (secondary N) is 2. The van der Waals surface area contributed by atoms with Crippen LogP contribution in [-0.2, 0) is 4.79 Å². The Kier molecular flexibility index (Phi) is 6.65. The molecular formula is C16H26N2O3. The Balaban J connectivity index is 2.26. The monoisotopic (exact) mass is 294 g/mol. The molecule has 1 rings (SSSR count). The second kappa shape index (κ2) is 8.00. The van der Waals surface area contributed by atoms with E-state index in [2.05, 4.69) is 10.6 Å². The van der Waals surface area contributed by atoms with Crippen LogP contribution in [0.2, 0.25) is 0 Å². The number of aliphatic hydroxyl groups excluding tert-OH is 1. The van der Waals surface area contributed by atoms with Gasteiger partial charge >= 0.3 is 0 Å². The molecule has 0 radical (unpaired) electrons. The van der Waals surface area contributed by atoms with E-state index >= 15 is 0 Å². The fraction of sp³-hybridized carbons (Fsp3) is 0.562. The van der Waals surface area contributed by atoms with E-state index in [1.54, 1.807) is 7.05 Å². The molecule has 0 fully saturated rings. The van der Waals surface area contributed by atoms with Crippen molar-refractivity contribution in [2.45, 2.75) is 26.9 Å². The Morgan fingerprint density at radius 2 is 1.95 bits per heavy atom. The summed E-state index contributed by atoms with van der Waals surface area (Å²) in [5, 5.41) is 15.6. The molecule has 0 spiro atoms. The molecule has 0 saturated carbocycles. The molecule has 1 amide bonds. The van der Waals surface area contributed by atoms with Crippen molar-refractivity contribution in [3.05, 3.63) is 29.8 Å². The van der Waals surface area contributed by atoms with Gasteiger partial charge in [0.25, 0.3) is 0 Å². The highest BCUT2D eigenvalue weighted by Gasteiger charge is 2.26. The summed E-state index contributed by atoms with van der Waals surface area (Å²) in [6, 6.07) is 7.69. The number of rotatable bonds is 8. The second-order valence-corrected chi connectivity index (χ2v) is 5.87. The van der Waals surface area contributed by atoms with Crippen molar-refractivity contribution in [2.24, 2.45) is 5.41 Å². The lowest BCUT2D eigenvalue weighted by Gasteiger charge is -2.23. The van der Waals surface area contributed by atoms with Crippen molar-refractivity contribution in [3.63, 3.8) is 0 Å². The van der Waals surface area contributed by atoms with Gasteiger partial charge in [-0.3, -0.25) is 4.79 Å². The highest BCUT2D eigenvalue weighted by Crippen LogP contribution is 2.13. The van der Waals surface area contributed by atoms with E-state index in [0.717, 1.165) is 5.75 Å². The second-order valence-electron chi connectivity index (χ2n) is 5.87. The average Bonchev–Trinajstić information content (AvgIpc) is 2.45. The Hall–Kier alpha value is -1.59. The Morgan fingerprint density at radius 1 is 1.33 bits per heavy atom. The zero-order valence-electron chi connectivity index (χ0n) is 13.3. The molecule has 0 aliphatic rings. The highest BCUT2D eigenvalue weighted by molar-refractivity contribution is 5.81. The number of hydrogen-bond acceptors (Lipinski definition) is 4. The Bertz CT molecular complexity index is 443. The largest absolute Gasteiger partial charge is 0.491 e. The SMILES string of the molecule is CNC(=O)C(C)(C)CNCC(O)COc1ccc(C)cc1. The van der Waals surface area contributed by atoms with E-state index in [1.807, 2.05) is 45.0 Å². The summed E-state index contributed by atoms with van der Waals surface area (Å²) in [5.74, 6) is 0.714. The molecule has 1 unspecified atom stereocenters. The van der Waals surface area contributed by atoms with Crippen molar-refractivity contribution >= 4 is 5.91 Å². The van der Waals surface area contributed by atoms with Gasteiger partial charge in [0.15, 0.2) is 0 Å². The van der Waals surface area contributed by atoms with Crippen LogP contribution >= 0.6 is 0 Å². The third-order valence-corrected chi connectivity index (χ3v) is 3.25. The number of aliphatic hydroxyl groups is 1. The van der Waals surface area contributed by atoms with Gasteiger partial charge < -0.3 is 20.5 Å². The number of benzene rings is 1. The quantitative estimate of drug-likeness (QED) is 0.671. The summed E-state index contributed by atoms with van der Waals surface area (Å²) in [4.78, 5) is 11.6. The van der Waals surface area contributed by atoms with Gasteiger partial charge in [-0.2, -0.15) is 0 Å². The maximum atomic E-state index is 11.6. The predicted octanol–water partition coefficient (Wildman–Crippen LogP) is 1.10. The van der Waals surface area contributed by atoms with E-state index in [4.69, 9.17) is 4.74 Å². The van der Waals surface area contributed by atoms with Crippen LogP contribution < -0.4 is 15.4 Å². The maximum absolute atomic E-state index is 11.6. The molecule has 0 heterocycles. The number of carbonyl (C=O) groups is 1. The van der Waals surface area contributed by atoms with Crippen LogP contribution in [0.4, 0.5) is 0 Å². The fourth-order valence-electron chi connectivity index (χ4n) is 1.86. The molecule has 3 N–H and O–H groups in total.